The van der Waals surface area contributed by atoms with Crippen LogP contribution in [0.15, 0.2) is 30.7 Å². The normalized spacial score (nSPS) is 11.0. The van der Waals surface area contributed by atoms with Gasteiger partial charge in [-0.25, -0.2) is 19.0 Å². The number of ether oxygens (including phenoxy) is 1. The smallest absolute Gasteiger partial charge is 0.163 e. The van der Waals surface area contributed by atoms with Crippen molar-refractivity contribution in [2.75, 3.05) is 12.4 Å². The minimum absolute atomic E-state index is 0.383. The molecule has 0 aromatic carbocycles. The fourth-order valence-electron chi connectivity index (χ4n) is 3.42. The van der Waals surface area contributed by atoms with Crippen molar-refractivity contribution in [2.24, 2.45) is 7.05 Å². The zero-order chi connectivity index (χ0) is 21.4. The average molecular weight is 408 g/mol. The Hall–Kier alpha value is -3.82. The van der Waals surface area contributed by atoms with Gasteiger partial charge in [-0.3, -0.25) is 9.67 Å². The first-order chi connectivity index (χ1) is 14.4. The molecule has 0 amide bonds. The van der Waals surface area contributed by atoms with Crippen molar-refractivity contribution in [2.45, 2.75) is 20.8 Å². The molecule has 0 saturated heterocycles. The first-order valence-electron chi connectivity index (χ1n) is 9.24. The monoisotopic (exact) mass is 408 g/mol. The summed E-state index contributed by atoms with van der Waals surface area (Å²) in [5, 5.41) is 12.2. The minimum atomic E-state index is -0.383. The molecule has 0 spiro atoms. The van der Waals surface area contributed by atoms with Gasteiger partial charge in [0.2, 0.25) is 0 Å². The number of nitrogens with one attached hydrogen (secondary N) is 1. The third-order valence-electron chi connectivity index (χ3n) is 4.80. The predicted molar refractivity (Wildman–Crippen MR) is 110 cm³/mol. The van der Waals surface area contributed by atoms with E-state index >= 15 is 0 Å². The zero-order valence-corrected chi connectivity index (χ0v) is 17.3. The third kappa shape index (κ3) is 3.36. The molecule has 0 aliphatic carbocycles. The fraction of sp³-hybridized carbons (Fsp3) is 0.250. The van der Waals surface area contributed by atoms with Crippen LogP contribution < -0.4 is 10.1 Å². The minimum Gasteiger partial charge on any atom is -0.493 e. The molecule has 0 aliphatic heterocycles. The highest BCUT2D eigenvalue weighted by Crippen LogP contribution is 2.29. The molecule has 4 heterocycles. The van der Waals surface area contributed by atoms with Gasteiger partial charge in [-0.15, -0.1) is 0 Å². The molecule has 30 heavy (non-hydrogen) atoms. The van der Waals surface area contributed by atoms with Crippen molar-refractivity contribution >= 4 is 11.6 Å². The molecule has 0 radical (unpaired) electrons. The number of methoxy groups -OCH3 is 1. The number of anilines is 2. The van der Waals surface area contributed by atoms with Gasteiger partial charge >= 0.3 is 0 Å². The van der Waals surface area contributed by atoms with Gasteiger partial charge in [0.15, 0.2) is 17.4 Å². The van der Waals surface area contributed by atoms with E-state index in [2.05, 4.69) is 30.5 Å². The van der Waals surface area contributed by atoms with Gasteiger partial charge in [0.05, 0.1) is 30.4 Å². The number of hydrogen-bond acceptors (Lipinski definition) is 7. The number of rotatable bonds is 5. The quantitative estimate of drug-likeness (QED) is 0.541. The van der Waals surface area contributed by atoms with Crippen LogP contribution in [0, 0.1) is 26.6 Å². The Labute approximate surface area is 172 Å². The van der Waals surface area contributed by atoms with E-state index in [1.54, 1.807) is 28.6 Å². The van der Waals surface area contributed by atoms with Crippen molar-refractivity contribution < 1.29 is 9.13 Å². The molecule has 9 nitrogen and oxygen atoms in total. The van der Waals surface area contributed by atoms with Crippen molar-refractivity contribution in [1.29, 1.82) is 0 Å². The molecule has 4 rings (SSSR count). The summed E-state index contributed by atoms with van der Waals surface area (Å²) in [6.07, 6.45) is 2.65. The van der Waals surface area contributed by atoms with E-state index in [-0.39, 0.29) is 5.82 Å². The highest BCUT2D eigenvalue weighted by Gasteiger charge is 2.17. The van der Waals surface area contributed by atoms with Gasteiger partial charge in [-0.05, 0) is 32.9 Å². The summed E-state index contributed by atoms with van der Waals surface area (Å²) >= 11 is 0. The SMILES string of the molecule is COc1c(C)nn(-c2cc(Nc3nn(C)c(-c4ccc(F)cn4)c3C)ncn2)c1C. The van der Waals surface area contributed by atoms with Crippen LogP contribution in [0.2, 0.25) is 0 Å². The van der Waals surface area contributed by atoms with Gasteiger partial charge in [-0.1, -0.05) is 0 Å². The van der Waals surface area contributed by atoms with Crippen LogP contribution in [0.5, 0.6) is 5.75 Å². The lowest BCUT2D eigenvalue weighted by Gasteiger charge is -2.07. The Morgan fingerprint density at radius 3 is 2.53 bits per heavy atom. The summed E-state index contributed by atoms with van der Waals surface area (Å²) in [5.41, 5.74) is 3.91. The van der Waals surface area contributed by atoms with Crippen LogP contribution >= 0.6 is 0 Å². The van der Waals surface area contributed by atoms with Gasteiger partial charge in [-0.2, -0.15) is 10.2 Å². The van der Waals surface area contributed by atoms with Gasteiger partial charge < -0.3 is 10.1 Å². The maximum atomic E-state index is 13.2. The lowest BCUT2D eigenvalue weighted by molar-refractivity contribution is 0.408. The van der Waals surface area contributed by atoms with Gasteiger partial charge in [0, 0.05) is 18.7 Å². The Balaban J connectivity index is 1.67. The summed E-state index contributed by atoms with van der Waals surface area (Å²) in [7, 11) is 3.43. The molecule has 0 fully saturated rings. The fourth-order valence-corrected chi connectivity index (χ4v) is 3.42. The van der Waals surface area contributed by atoms with Crippen molar-refractivity contribution in [1.82, 2.24) is 34.5 Å². The van der Waals surface area contributed by atoms with Crippen LogP contribution in [0.4, 0.5) is 16.0 Å². The van der Waals surface area contributed by atoms with Crippen molar-refractivity contribution in [3.8, 4) is 23.0 Å². The molecule has 0 unspecified atom stereocenters. The first kappa shape index (κ1) is 19.5. The third-order valence-corrected chi connectivity index (χ3v) is 4.80. The number of halogens is 1. The van der Waals surface area contributed by atoms with E-state index < -0.39 is 0 Å². The maximum Gasteiger partial charge on any atom is 0.163 e. The van der Waals surface area contributed by atoms with E-state index in [9.17, 15) is 4.39 Å². The maximum absolute atomic E-state index is 13.2. The summed E-state index contributed by atoms with van der Waals surface area (Å²) < 4.78 is 22.0. The zero-order valence-electron chi connectivity index (χ0n) is 17.3. The molecule has 0 saturated carbocycles. The molecule has 0 aliphatic rings. The number of aromatic nitrogens is 7. The number of nitrogens with zero attached hydrogens (tertiary/aromatic N) is 7. The number of pyridine rings is 1. The van der Waals surface area contributed by atoms with Gasteiger partial charge in [0.1, 0.15) is 23.7 Å². The second-order valence-corrected chi connectivity index (χ2v) is 6.81. The van der Waals surface area contributed by atoms with Crippen LogP contribution in [-0.4, -0.2) is 41.6 Å². The Bertz CT molecular complexity index is 1210. The molecule has 154 valence electrons. The summed E-state index contributed by atoms with van der Waals surface area (Å²) in [6, 6.07) is 4.78. The highest BCUT2D eigenvalue weighted by molar-refractivity contribution is 5.69. The molecule has 4 aromatic heterocycles. The van der Waals surface area contributed by atoms with Crippen LogP contribution in [0.1, 0.15) is 17.0 Å². The van der Waals surface area contributed by atoms with E-state index in [1.165, 1.54) is 18.6 Å². The van der Waals surface area contributed by atoms with Crippen molar-refractivity contribution in [3.05, 3.63) is 53.5 Å². The van der Waals surface area contributed by atoms with E-state index in [0.717, 1.165) is 28.4 Å². The molecule has 10 heteroatoms. The molecular formula is C20H21FN8O. The van der Waals surface area contributed by atoms with Gasteiger partial charge in [0.25, 0.3) is 0 Å². The molecule has 1 N–H and O–H groups in total. The first-order valence-corrected chi connectivity index (χ1v) is 9.24. The molecule has 0 bridgehead atoms. The lowest BCUT2D eigenvalue weighted by atomic mass is 10.2. The van der Waals surface area contributed by atoms with Crippen molar-refractivity contribution in [3.63, 3.8) is 0 Å². The predicted octanol–water partition coefficient (Wildman–Crippen LogP) is 3.27. The summed E-state index contributed by atoms with van der Waals surface area (Å²) in [4.78, 5) is 12.8. The van der Waals surface area contributed by atoms with Crippen LogP contribution in [0.25, 0.3) is 17.2 Å². The Morgan fingerprint density at radius 2 is 1.87 bits per heavy atom. The van der Waals surface area contributed by atoms with Crippen LogP contribution in [-0.2, 0) is 7.05 Å². The number of aryl methyl sites for hydroxylation is 2. The summed E-state index contributed by atoms with van der Waals surface area (Å²) in [5.74, 6) is 2.12. The standard InChI is InChI=1S/C20H21FN8O/c1-11-18(15-7-6-14(21)9-22-15)28(4)27-20(11)25-16-8-17(24-10-23-16)29-13(3)19(30-5)12(2)26-29/h6-10H,1-5H3,(H,23,24,25,27). The molecule has 4 aromatic rings. The molecule has 0 atom stereocenters. The highest BCUT2D eigenvalue weighted by atomic mass is 19.1. The van der Waals surface area contributed by atoms with E-state index in [4.69, 9.17) is 4.74 Å². The number of hydrogen-bond donors (Lipinski definition) is 1. The largest absolute Gasteiger partial charge is 0.493 e. The Morgan fingerprint density at radius 1 is 1.07 bits per heavy atom. The van der Waals surface area contributed by atoms with E-state index in [1.807, 2.05) is 27.8 Å². The second-order valence-electron chi connectivity index (χ2n) is 6.81. The average Bonchev–Trinajstić information content (AvgIpc) is 3.17. The second kappa shape index (κ2) is 7.54. The Kier molecular flexibility index (Phi) is 4.90. The molecular weight excluding hydrogens is 387 g/mol. The lowest BCUT2D eigenvalue weighted by Crippen LogP contribution is -2.05. The topological polar surface area (TPSA) is 95.6 Å². The summed E-state index contributed by atoms with van der Waals surface area (Å²) in [6.45, 7) is 5.72. The van der Waals surface area contributed by atoms with Crippen LogP contribution in [0.3, 0.4) is 0 Å². The van der Waals surface area contributed by atoms with E-state index in [0.29, 0.717) is 23.1 Å².